The van der Waals surface area contributed by atoms with Gasteiger partial charge in [0.1, 0.15) is 5.82 Å². The molecule has 3 nitrogen and oxygen atoms in total. The van der Waals surface area contributed by atoms with Crippen LogP contribution in [0.4, 0.5) is 5.82 Å². The Bertz CT molecular complexity index is 245. The lowest BCUT2D eigenvalue weighted by atomic mass is 10.2. The van der Waals surface area contributed by atoms with Crippen molar-refractivity contribution in [2.75, 3.05) is 5.32 Å². The third-order valence-corrected chi connectivity index (χ3v) is 1.54. The highest BCUT2D eigenvalue weighted by molar-refractivity contribution is 5.43. The summed E-state index contributed by atoms with van der Waals surface area (Å²) >= 11 is 0. The molecule has 1 aromatic rings. The van der Waals surface area contributed by atoms with Crippen molar-refractivity contribution in [3.63, 3.8) is 0 Å². The number of aromatic nitrogens is 1. The van der Waals surface area contributed by atoms with Gasteiger partial charge in [-0.15, -0.1) is 0 Å². The van der Waals surface area contributed by atoms with E-state index < -0.39 is 0 Å². The fourth-order valence-corrected chi connectivity index (χ4v) is 1.01. The van der Waals surface area contributed by atoms with Gasteiger partial charge >= 0.3 is 0 Å². The van der Waals surface area contributed by atoms with Crippen LogP contribution in [-0.4, -0.2) is 11.0 Å². The van der Waals surface area contributed by atoms with Gasteiger partial charge in [-0.1, -0.05) is 6.07 Å². The number of rotatable bonds is 3. The first-order valence-corrected chi connectivity index (χ1v) is 4.14. The standard InChI is InChI=1S/C9H15N3/c1-7(2)12-9-8(6-10)4-3-5-11-9/h3-5,7H,6,10H2,1-2H3,(H,11,12). The number of hydrogen-bond acceptors (Lipinski definition) is 3. The van der Waals surface area contributed by atoms with E-state index in [2.05, 4.69) is 24.1 Å². The van der Waals surface area contributed by atoms with Gasteiger partial charge in [0.15, 0.2) is 0 Å². The maximum absolute atomic E-state index is 5.55. The van der Waals surface area contributed by atoms with E-state index >= 15 is 0 Å². The molecule has 0 unspecified atom stereocenters. The number of pyridine rings is 1. The normalized spacial score (nSPS) is 10.3. The highest BCUT2D eigenvalue weighted by atomic mass is 15.0. The summed E-state index contributed by atoms with van der Waals surface area (Å²) in [4.78, 5) is 4.20. The molecule has 0 aliphatic heterocycles. The van der Waals surface area contributed by atoms with Crippen molar-refractivity contribution in [3.05, 3.63) is 23.9 Å². The molecule has 0 fully saturated rings. The lowest BCUT2D eigenvalue weighted by molar-refractivity contribution is 0.879. The van der Waals surface area contributed by atoms with Crippen molar-refractivity contribution < 1.29 is 0 Å². The molecular weight excluding hydrogens is 150 g/mol. The molecular formula is C9H15N3. The first-order chi connectivity index (χ1) is 5.74. The minimum atomic E-state index is 0.394. The average Bonchev–Trinajstić information content (AvgIpc) is 2.04. The Labute approximate surface area is 73.0 Å². The van der Waals surface area contributed by atoms with Crippen LogP contribution in [0.2, 0.25) is 0 Å². The number of nitrogens with two attached hydrogens (primary N) is 1. The Morgan fingerprint density at radius 2 is 2.33 bits per heavy atom. The highest BCUT2D eigenvalue weighted by Crippen LogP contribution is 2.10. The molecule has 0 saturated heterocycles. The molecule has 0 aromatic carbocycles. The largest absolute Gasteiger partial charge is 0.368 e. The Morgan fingerprint density at radius 3 is 2.92 bits per heavy atom. The molecule has 1 heterocycles. The summed E-state index contributed by atoms with van der Waals surface area (Å²) in [5, 5.41) is 3.23. The van der Waals surface area contributed by atoms with Crippen LogP contribution in [-0.2, 0) is 6.54 Å². The summed E-state index contributed by atoms with van der Waals surface area (Å²) in [6.45, 7) is 4.69. The summed E-state index contributed by atoms with van der Waals surface area (Å²) in [6, 6.07) is 4.27. The van der Waals surface area contributed by atoms with Crippen LogP contribution in [0.25, 0.3) is 0 Å². The van der Waals surface area contributed by atoms with Gasteiger partial charge in [-0.05, 0) is 19.9 Å². The maximum atomic E-state index is 5.55. The number of nitrogens with zero attached hydrogens (tertiary/aromatic N) is 1. The van der Waals surface area contributed by atoms with Gasteiger partial charge in [-0.25, -0.2) is 4.98 Å². The van der Waals surface area contributed by atoms with Gasteiger partial charge in [0.25, 0.3) is 0 Å². The molecule has 0 radical (unpaired) electrons. The van der Waals surface area contributed by atoms with Gasteiger partial charge in [0.05, 0.1) is 0 Å². The predicted molar refractivity (Wildman–Crippen MR) is 50.9 cm³/mol. The van der Waals surface area contributed by atoms with Crippen molar-refractivity contribution in [1.82, 2.24) is 4.98 Å². The van der Waals surface area contributed by atoms with E-state index in [4.69, 9.17) is 5.73 Å². The summed E-state index contributed by atoms with van der Waals surface area (Å²) < 4.78 is 0. The van der Waals surface area contributed by atoms with Crippen molar-refractivity contribution in [2.45, 2.75) is 26.4 Å². The van der Waals surface area contributed by atoms with Crippen molar-refractivity contribution in [2.24, 2.45) is 5.73 Å². The minimum absolute atomic E-state index is 0.394. The molecule has 12 heavy (non-hydrogen) atoms. The molecule has 0 bridgehead atoms. The summed E-state index contributed by atoms with van der Waals surface area (Å²) in [5.41, 5.74) is 6.61. The second-order valence-electron chi connectivity index (χ2n) is 3.01. The van der Waals surface area contributed by atoms with E-state index in [-0.39, 0.29) is 0 Å². The summed E-state index contributed by atoms with van der Waals surface area (Å²) in [5.74, 6) is 0.898. The zero-order valence-electron chi connectivity index (χ0n) is 7.54. The molecule has 3 heteroatoms. The molecule has 0 amide bonds. The quantitative estimate of drug-likeness (QED) is 0.711. The van der Waals surface area contributed by atoms with E-state index in [1.54, 1.807) is 6.20 Å². The van der Waals surface area contributed by atoms with Gasteiger partial charge in [-0.3, -0.25) is 0 Å². The molecule has 66 valence electrons. The second kappa shape index (κ2) is 4.07. The fourth-order valence-electron chi connectivity index (χ4n) is 1.01. The summed E-state index contributed by atoms with van der Waals surface area (Å²) in [7, 11) is 0. The molecule has 0 aliphatic rings. The van der Waals surface area contributed by atoms with Gasteiger partial charge in [-0.2, -0.15) is 0 Å². The maximum Gasteiger partial charge on any atom is 0.130 e. The molecule has 1 rings (SSSR count). The van der Waals surface area contributed by atoms with Crippen LogP contribution in [0.1, 0.15) is 19.4 Å². The van der Waals surface area contributed by atoms with Crippen LogP contribution in [0.5, 0.6) is 0 Å². The number of anilines is 1. The van der Waals surface area contributed by atoms with Gasteiger partial charge in [0, 0.05) is 24.3 Å². The summed E-state index contributed by atoms with van der Waals surface area (Å²) in [6.07, 6.45) is 1.77. The number of hydrogen-bond donors (Lipinski definition) is 2. The predicted octanol–water partition coefficient (Wildman–Crippen LogP) is 1.36. The minimum Gasteiger partial charge on any atom is -0.368 e. The van der Waals surface area contributed by atoms with Crippen molar-refractivity contribution >= 4 is 5.82 Å². The number of nitrogens with one attached hydrogen (secondary N) is 1. The third-order valence-electron chi connectivity index (χ3n) is 1.54. The third kappa shape index (κ3) is 2.20. The smallest absolute Gasteiger partial charge is 0.130 e. The Kier molecular flexibility index (Phi) is 3.05. The average molecular weight is 165 g/mol. The monoisotopic (exact) mass is 165 g/mol. The first kappa shape index (κ1) is 9.00. The topological polar surface area (TPSA) is 50.9 Å². The Hall–Kier alpha value is -1.09. The molecule has 0 saturated carbocycles. The van der Waals surface area contributed by atoms with Crippen LogP contribution in [0.15, 0.2) is 18.3 Å². The van der Waals surface area contributed by atoms with E-state index in [1.807, 2.05) is 12.1 Å². The van der Waals surface area contributed by atoms with Crippen molar-refractivity contribution in [1.29, 1.82) is 0 Å². The molecule has 0 atom stereocenters. The zero-order valence-corrected chi connectivity index (χ0v) is 7.54. The SMILES string of the molecule is CC(C)Nc1ncccc1CN. The van der Waals surface area contributed by atoms with Crippen LogP contribution < -0.4 is 11.1 Å². The van der Waals surface area contributed by atoms with E-state index in [1.165, 1.54) is 0 Å². The first-order valence-electron chi connectivity index (χ1n) is 4.14. The lowest BCUT2D eigenvalue weighted by Gasteiger charge is -2.11. The van der Waals surface area contributed by atoms with Crippen LogP contribution >= 0.6 is 0 Å². The Balaban J connectivity index is 2.82. The molecule has 0 spiro atoms. The zero-order chi connectivity index (χ0) is 8.97. The van der Waals surface area contributed by atoms with Crippen molar-refractivity contribution in [3.8, 4) is 0 Å². The fraction of sp³-hybridized carbons (Fsp3) is 0.444. The molecule has 3 N–H and O–H groups in total. The van der Waals surface area contributed by atoms with E-state index in [9.17, 15) is 0 Å². The molecule has 1 aromatic heterocycles. The van der Waals surface area contributed by atoms with E-state index in [0.717, 1.165) is 11.4 Å². The van der Waals surface area contributed by atoms with E-state index in [0.29, 0.717) is 12.6 Å². The van der Waals surface area contributed by atoms with Crippen LogP contribution in [0.3, 0.4) is 0 Å². The lowest BCUT2D eigenvalue weighted by Crippen LogP contribution is -2.14. The van der Waals surface area contributed by atoms with Gasteiger partial charge in [0.2, 0.25) is 0 Å². The highest BCUT2D eigenvalue weighted by Gasteiger charge is 2.01. The molecule has 0 aliphatic carbocycles. The Morgan fingerprint density at radius 1 is 1.58 bits per heavy atom. The van der Waals surface area contributed by atoms with Crippen LogP contribution in [0, 0.1) is 0 Å². The second-order valence-corrected chi connectivity index (χ2v) is 3.01. The van der Waals surface area contributed by atoms with Gasteiger partial charge < -0.3 is 11.1 Å².